The highest BCUT2D eigenvalue weighted by molar-refractivity contribution is 5.88. The van der Waals surface area contributed by atoms with Crippen LogP contribution in [-0.4, -0.2) is 12.3 Å². The summed E-state index contributed by atoms with van der Waals surface area (Å²) in [5, 5.41) is 3.38. The molecule has 1 fully saturated rings. The van der Waals surface area contributed by atoms with Gasteiger partial charge in [-0.3, -0.25) is 4.79 Å². The standard InChI is InChI=1S/C15H18NO/c17-15(12-6-1-2-7-12)14-13-8-4-3-5-11(13)9-10-16-14/h3,5,8,12,14,16H,1-2,6-7,9-10H2. The van der Waals surface area contributed by atoms with Crippen molar-refractivity contribution in [2.24, 2.45) is 5.92 Å². The lowest BCUT2D eigenvalue weighted by atomic mass is 9.86. The molecule has 0 bridgehead atoms. The summed E-state index contributed by atoms with van der Waals surface area (Å²) < 4.78 is 0. The molecule has 1 aromatic carbocycles. The Bertz CT molecular complexity index is 421. The Hall–Kier alpha value is -1.15. The van der Waals surface area contributed by atoms with Gasteiger partial charge in [-0.25, -0.2) is 0 Å². The Kier molecular flexibility index (Phi) is 2.98. The molecular weight excluding hydrogens is 210 g/mol. The van der Waals surface area contributed by atoms with Crippen molar-refractivity contribution in [2.45, 2.75) is 38.1 Å². The number of hydrogen-bond acceptors (Lipinski definition) is 2. The van der Waals surface area contributed by atoms with Crippen molar-refractivity contribution in [1.29, 1.82) is 0 Å². The molecule has 0 spiro atoms. The molecule has 1 heterocycles. The Balaban J connectivity index is 1.86. The minimum atomic E-state index is -0.0701. The molecule has 1 aliphatic heterocycles. The monoisotopic (exact) mass is 228 g/mol. The summed E-state index contributed by atoms with van der Waals surface area (Å²) in [6.07, 6.45) is 5.64. The number of benzene rings is 1. The van der Waals surface area contributed by atoms with Crippen LogP contribution in [0.3, 0.4) is 0 Å². The smallest absolute Gasteiger partial charge is 0.157 e. The lowest BCUT2D eigenvalue weighted by Gasteiger charge is -2.27. The first kappa shape index (κ1) is 11.0. The van der Waals surface area contributed by atoms with E-state index in [4.69, 9.17) is 0 Å². The van der Waals surface area contributed by atoms with Gasteiger partial charge in [0.25, 0.3) is 0 Å². The van der Waals surface area contributed by atoms with E-state index in [0.717, 1.165) is 31.4 Å². The van der Waals surface area contributed by atoms with Crippen LogP contribution in [0, 0.1) is 12.0 Å². The summed E-state index contributed by atoms with van der Waals surface area (Å²) in [5.74, 6) is 0.696. The van der Waals surface area contributed by atoms with E-state index in [0.29, 0.717) is 11.7 Å². The van der Waals surface area contributed by atoms with E-state index in [2.05, 4.69) is 17.4 Å². The Morgan fingerprint density at radius 1 is 1.35 bits per heavy atom. The van der Waals surface area contributed by atoms with Crippen molar-refractivity contribution in [3.63, 3.8) is 0 Å². The third-order valence-corrected chi connectivity index (χ3v) is 4.09. The lowest BCUT2D eigenvalue weighted by molar-refractivity contribution is -0.125. The van der Waals surface area contributed by atoms with Crippen molar-refractivity contribution < 1.29 is 4.79 Å². The highest BCUT2D eigenvalue weighted by Gasteiger charge is 2.32. The van der Waals surface area contributed by atoms with E-state index >= 15 is 0 Å². The van der Waals surface area contributed by atoms with Gasteiger partial charge in [0.05, 0.1) is 6.04 Å². The van der Waals surface area contributed by atoms with Gasteiger partial charge in [0.15, 0.2) is 5.78 Å². The van der Waals surface area contributed by atoms with E-state index in [9.17, 15) is 4.79 Å². The molecule has 0 saturated heterocycles. The average molecular weight is 228 g/mol. The second-order valence-corrected chi connectivity index (χ2v) is 5.15. The molecule has 1 aromatic rings. The minimum Gasteiger partial charge on any atom is -0.303 e. The highest BCUT2D eigenvalue weighted by Crippen LogP contribution is 2.32. The zero-order valence-corrected chi connectivity index (χ0v) is 10.0. The van der Waals surface area contributed by atoms with Gasteiger partial charge in [0.2, 0.25) is 0 Å². The number of Topliss-reactive ketones (excluding diaryl/α,β-unsaturated/α-hetero) is 1. The minimum absolute atomic E-state index is 0.0701. The zero-order chi connectivity index (χ0) is 11.7. The molecule has 1 aliphatic carbocycles. The number of ketones is 1. The van der Waals surface area contributed by atoms with Crippen LogP contribution in [0.25, 0.3) is 0 Å². The summed E-state index contributed by atoms with van der Waals surface area (Å²) >= 11 is 0. The second kappa shape index (κ2) is 4.61. The molecule has 89 valence electrons. The number of carbonyl (C=O) groups excluding carboxylic acids is 1. The van der Waals surface area contributed by atoms with Crippen LogP contribution < -0.4 is 5.32 Å². The third kappa shape index (κ3) is 2.02. The largest absolute Gasteiger partial charge is 0.303 e. The van der Waals surface area contributed by atoms with Gasteiger partial charge in [-0.2, -0.15) is 0 Å². The molecule has 1 unspecified atom stereocenters. The normalized spacial score (nSPS) is 24.6. The maximum absolute atomic E-state index is 12.5. The fourth-order valence-electron chi connectivity index (χ4n) is 3.13. The molecule has 1 N–H and O–H groups in total. The number of fused-ring (bicyclic) bond motifs is 1. The van der Waals surface area contributed by atoms with Crippen molar-refractivity contribution in [2.75, 3.05) is 6.54 Å². The summed E-state index contributed by atoms with van der Waals surface area (Å²) in [4.78, 5) is 12.5. The Labute approximate surface area is 102 Å². The van der Waals surface area contributed by atoms with Crippen LogP contribution in [0.1, 0.15) is 42.9 Å². The predicted octanol–water partition coefficient (Wildman–Crippen LogP) is 2.43. The molecular formula is C15H18NO. The van der Waals surface area contributed by atoms with Gasteiger partial charge < -0.3 is 5.32 Å². The molecule has 1 atom stereocenters. The molecule has 0 amide bonds. The quantitative estimate of drug-likeness (QED) is 0.842. The molecule has 17 heavy (non-hydrogen) atoms. The van der Waals surface area contributed by atoms with Crippen molar-refractivity contribution in [3.05, 3.63) is 35.4 Å². The predicted molar refractivity (Wildman–Crippen MR) is 66.7 cm³/mol. The van der Waals surface area contributed by atoms with E-state index in [-0.39, 0.29) is 6.04 Å². The first-order valence-electron chi connectivity index (χ1n) is 6.62. The molecule has 1 radical (unpaired) electrons. The summed E-state index contributed by atoms with van der Waals surface area (Å²) in [6, 6.07) is 9.07. The SMILES string of the molecule is O=C(C1CCCC1)C1NCCc2cc[c]cc21. The summed E-state index contributed by atoms with van der Waals surface area (Å²) in [5.41, 5.74) is 2.48. The van der Waals surface area contributed by atoms with Crippen molar-refractivity contribution in [3.8, 4) is 0 Å². The molecule has 0 aromatic heterocycles. The van der Waals surface area contributed by atoms with E-state index in [1.807, 2.05) is 12.1 Å². The van der Waals surface area contributed by atoms with Gasteiger partial charge >= 0.3 is 0 Å². The van der Waals surface area contributed by atoms with Gasteiger partial charge in [0.1, 0.15) is 0 Å². The summed E-state index contributed by atoms with van der Waals surface area (Å²) in [7, 11) is 0. The fourth-order valence-corrected chi connectivity index (χ4v) is 3.13. The van der Waals surface area contributed by atoms with Crippen LogP contribution in [0.5, 0.6) is 0 Å². The zero-order valence-electron chi connectivity index (χ0n) is 10.0. The lowest BCUT2D eigenvalue weighted by Crippen LogP contribution is -2.37. The highest BCUT2D eigenvalue weighted by atomic mass is 16.1. The topological polar surface area (TPSA) is 29.1 Å². The number of hydrogen-bond donors (Lipinski definition) is 1. The van der Waals surface area contributed by atoms with E-state index in [1.54, 1.807) is 0 Å². The third-order valence-electron chi connectivity index (χ3n) is 4.09. The Morgan fingerprint density at radius 2 is 2.18 bits per heavy atom. The fraction of sp³-hybridized carbons (Fsp3) is 0.533. The van der Waals surface area contributed by atoms with Gasteiger partial charge in [-0.05, 0) is 42.5 Å². The molecule has 2 nitrogen and oxygen atoms in total. The number of carbonyl (C=O) groups is 1. The van der Waals surface area contributed by atoms with Gasteiger partial charge in [-0.1, -0.05) is 25.0 Å². The van der Waals surface area contributed by atoms with E-state index < -0.39 is 0 Å². The van der Waals surface area contributed by atoms with Crippen LogP contribution in [0.2, 0.25) is 0 Å². The summed E-state index contributed by atoms with van der Waals surface area (Å²) in [6.45, 7) is 0.917. The molecule has 1 saturated carbocycles. The Morgan fingerprint density at radius 3 is 3.00 bits per heavy atom. The first-order chi connectivity index (χ1) is 8.36. The van der Waals surface area contributed by atoms with Crippen LogP contribution >= 0.6 is 0 Å². The van der Waals surface area contributed by atoms with Crippen LogP contribution in [0.4, 0.5) is 0 Å². The van der Waals surface area contributed by atoms with E-state index in [1.165, 1.54) is 18.4 Å². The molecule has 2 aliphatic rings. The molecule has 2 heteroatoms. The van der Waals surface area contributed by atoms with Crippen LogP contribution in [0.15, 0.2) is 18.2 Å². The van der Waals surface area contributed by atoms with Crippen molar-refractivity contribution >= 4 is 5.78 Å². The van der Waals surface area contributed by atoms with Gasteiger partial charge in [0, 0.05) is 12.5 Å². The molecule has 3 rings (SSSR count). The maximum atomic E-state index is 12.5. The average Bonchev–Trinajstić information content (AvgIpc) is 2.91. The first-order valence-corrected chi connectivity index (χ1v) is 6.62. The van der Waals surface area contributed by atoms with Crippen molar-refractivity contribution in [1.82, 2.24) is 5.32 Å². The van der Waals surface area contributed by atoms with Gasteiger partial charge in [-0.15, -0.1) is 0 Å². The maximum Gasteiger partial charge on any atom is 0.157 e. The second-order valence-electron chi connectivity index (χ2n) is 5.15. The van der Waals surface area contributed by atoms with Crippen LogP contribution in [-0.2, 0) is 11.2 Å². The number of rotatable bonds is 2. The number of nitrogens with one attached hydrogen (secondary N) is 1.